The lowest BCUT2D eigenvalue weighted by molar-refractivity contribution is -0.395. The average molecular weight is 403 g/mol. The van der Waals surface area contributed by atoms with Gasteiger partial charge in [0.05, 0.1) is 22.6 Å². The molecule has 1 amide bonds. The highest BCUT2D eigenvalue weighted by atomic mass is 16.6. The van der Waals surface area contributed by atoms with Gasteiger partial charge in [-0.25, -0.2) is 0 Å². The molecule has 2 aromatic carbocycles. The Bertz CT molecular complexity index is 899. The normalized spacial score (nSPS) is 10.9. The number of rotatable bonds is 7. The summed E-state index contributed by atoms with van der Waals surface area (Å²) in [6.07, 6.45) is 0. The quantitative estimate of drug-likeness (QED) is 0.548. The molecule has 29 heavy (non-hydrogen) atoms. The summed E-state index contributed by atoms with van der Waals surface area (Å²) in [5.74, 6) is -0.647. The van der Waals surface area contributed by atoms with Gasteiger partial charge in [-0.2, -0.15) is 0 Å². The summed E-state index contributed by atoms with van der Waals surface area (Å²) in [4.78, 5) is 32.8. The number of methoxy groups -OCH3 is 1. The number of ether oxygens (including phenoxy) is 2. The van der Waals surface area contributed by atoms with Crippen LogP contribution in [-0.2, 0) is 10.2 Å². The minimum Gasteiger partial charge on any atom is -0.485 e. The van der Waals surface area contributed by atoms with Crippen LogP contribution in [0.2, 0.25) is 0 Å². The van der Waals surface area contributed by atoms with E-state index >= 15 is 0 Å². The van der Waals surface area contributed by atoms with E-state index in [4.69, 9.17) is 9.47 Å². The number of amides is 1. The molecule has 10 heteroatoms. The molecular formula is C19H21N3O7. The van der Waals surface area contributed by atoms with Crippen molar-refractivity contribution in [3.05, 3.63) is 62.2 Å². The van der Waals surface area contributed by atoms with Crippen molar-refractivity contribution in [2.24, 2.45) is 0 Å². The van der Waals surface area contributed by atoms with E-state index in [1.54, 1.807) is 12.1 Å². The summed E-state index contributed by atoms with van der Waals surface area (Å²) >= 11 is 0. The number of nitro benzene ring substituents is 2. The van der Waals surface area contributed by atoms with Crippen molar-refractivity contribution >= 4 is 23.0 Å². The number of carbonyl (C=O) groups is 1. The van der Waals surface area contributed by atoms with E-state index in [9.17, 15) is 25.0 Å². The molecule has 0 heterocycles. The zero-order chi connectivity index (χ0) is 21.8. The molecule has 0 aliphatic heterocycles. The molecule has 0 spiro atoms. The number of benzene rings is 2. The second-order valence-corrected chi connectivity index (χ2v) is 7.17. The highest BCUT2D eigenvalue weighted by Gasteiger charge is 2.28. The third-order valence-electron chi connectivity index (χ3n) is 4.02. The molecule has 1 N–H and O–H groups in total. The zero-order valence-corrected chi connectivity index (χ0v) is 16.4. The van der Waals surface area contributed by atoms with Crippen molar-refractivity contribution in [3.63, 3.8) is 0 Å². The first-order valence-electron chi connectivity index (χ1n) is 8.57. The first kappa shape index (κ1) is 21.6. The molecule has 154 valence electrons. The maximum absolute atomic E-state index is 12.1. The van der Waals surface area contributed by atoms with Crippen molar-refractivity contribution in [2.45, 2.75) is 26.2 Å². The topological polar surface area (TPSA) is 134 Å². The number of carbonyl (C=O) groups excluding carboxylic acids is 1. The Morgan fingerprint density at radius 1 is 1.03 bits per heavy atom. The Labute approximate surface area is 166 Å². The molecule has 2 aromatic rings. The van der Waals surface area contributed by atoms with E-state index in [0.29, 0.717) is 5.75 Å². The van der Waals surface area contributed by atoms with Gasteiger partial charge in [0.15, 0.2) is 6.61 Å². The summed E-state index contributed by atoms with van der Waals surface area (Å²) in [5, 5.41) is 24.7. The second-order valence-electron chi connectivity index (χ2n) is 7.17. The van der Waals surface area contributed by atoms with Gasteiger partial charge in [-0.05, 0) is 23.1 Å². The lowest BCUT2D eigenvalue weighted by Gasteiger charge is -2.19. The van der Waals surface area contributed by atoms with E-state index in [0.717, 1.165) is 24.8 Å². The Balaban J connectivity index is 2.12. The molecule has 0 aliphatic carbocycles. The molecule has 0 aromatic heterocycles. The van der Waals surface area contributed by atoms with Crippen LogP contribution < -0.4 is 14.8 Å². The van der Waals surface area contributed by atoms with Crippen LogP contribution in [0.4, 0.5) is 17.1 Å². The smallest absolute Gasteiger partial charge is 0.320 e. The van der Waals surface area contributed by atoms with Gasteiger partial charge in [-0.15, -0.1) is 0 Å². The first-order valence-corrected chi connectivity index (χ1v) is 8.57. The maximum Gasteiger partial charge on any atom is 0.320 e. The summed E-state index contributed by atoms with van der Waals surface area (Å²) in [7, 11) is 1.09. The number of anilines is 1. The largest absolute Gasteiger partial charge is 0.485 e. The Morgan fingerprint density at radius 2 is 1.55 bits per heavy atom. The third-order valence-corrected chi connectivity index (χ3v) is 4.02. The molecule has 0 saturated heterocycles. The maximum atomic E-state index is 12.1. The minimum atomic E-state index is -0.825. The highest BCUT2D eigenvalue weighted by molar-refractivity contribution is 5.93. The Kier molecular flexibility index (Phi) is 6.37. The van der Waals surface area contributed by atoms with Crippen LogP contribution >= 0.6 is 0 Å². The molecular weight excluding hydrogens is 382 g/mol. The van der Waals surface area contributed by atoms with Crippen LogP contribution in [0.3, 0.4) is 0 Å². The van der Waals surface area contributed by atoms with Crippen LogP contribution in [-0.4, -0.2) is 29.5 Å². The number of nitrogens with one attached hydrogen (secondary N) is 1. The Hall–Kier alpha value is -3.69. The van der Waals surface area contributed by atoms with Crippen LogP contribution in [0.15, 0.2) is 36.4 Å². The van der Waals surface area contributed by atoms with E-state index in [1.807, 2.05) is 12.1 Å². The van der Waals surface area contributed by atoms with Crippen molar-refractivity contribution in [3.8, 4) is 11.5 Å². The number of nitro groups is 2. The van der Waals surface area contributed by atoms with Gasteiger partial charge in [0.25, 0.3) is 11.7 Å². The predicted molar refractivity (Wildman–Crippen MR) is 106 cm³/mol. The van der Waals surface area contributed by atoms with Crippen molar-refractivity contribution < 1.29 is 24.1 Å². The van der Waals surface area contributed by atoms with Crippen molar-refractivity contribution in [1.82, 2.24) is 0 Å². The monoisotopic (exact) mass is 403 g/mol. The standard InChI is InChI=1S/C19H21N3O7/c1-19(2,3)12-5-7-14(8-6-12)29-11-17(23)20-13-9-15(21(24)25)18(28-4)16(10-13)22(26)27/h5-10H,11H2,1-4H3,(H,20,23). The van der Waals surface area contributed by atoms with E-state index < -0.39 is 32.9 Å². The molecule has 0 unspecified atom stereocenters. The predicted octanol–water partition coefficient (Wildman–Crippen LogP) is 3.83. The second kappa shape index (κ2) is 8.55. The fourth-order valence-electron chi connectivity index (χ4n) is 2.55. The minimum absolute atomic E-state index is 0.0201. The lowest BCUT2D eigenvalue weighted by Crippen LogP contribution is -2.20. The molecule has 2 rings (SSSR count). The SMILES string of the molecule is COc1c([N+](=O)[O-])cc(NC(=O)COc2ccc(C(C)(C)C)cc2)cc1[N+](=O)[O-]. The first-order chi connectivity index (χ1) is 13.5. The summed E-state index contributed by atoms with van der Waals surface area (Å²) in [6.45, 7) is 5.85. The Morgan fingerprint density at radius 3 is 1.97 bits per heavy atom. The van der Waals surface area contributed by atoms with Gasteiger partial charge >= 0.3 is 11.4 Å². The summed E-state index contributed by atoms with van der Waals surface area (Å²) in [6, 6.07) is 9.23. The summed E-state index contributed by atoms with van der Waals surface area (Å²) < 4.78 is 10.2. The fourth-order valence-corrected chi connectivity index (χ4v) is 2.55. The van der Waals surface area contributed by atoms with Gasteiger partial charge in [0.1, 0.15) is 5.75 Å². The van der Waals surface area contributed by atoms with Crippen molar-refractivity contribution in [2.75, 3.05) is 19.0 Å². The highest BCUT2D eigenvalue weighted by Crippen LogP contribution is 2.39. The van der Waals surface area contributed by atoms with E-state index in [-0.39, 0.29) is 17.7 Å². The van der Waals surface area contributed by atoms with Crippen LogP contribution in [0.25, 0.3) is 0 Å². The molecule has 0 saturated carbocycles. The molecule has 10 nitrogen and oxygen atoms in total. The van der Waals surface area contributed by atoms with E-state index in [2.05, 4.69) is 26.1 Å². The van der Waals surface area contributed by atoms with Gasteiger partial charge in [-0.1, -0.05) is 32.9 Å². The number of hydrogen-bond acceptors (Lipinski definition) is 7. The van der Waals surface area contributed by atoms with E-state index in [1.165, 1.54) is 0 Å². The average Bonchev–Trinajstić information content (AvgIpc) is 2.65. The van der Waals surface area contributed by atoms with Crippen LogP contribution in [0, 0.1) is 20.2 Å². The third kappa shape index (κ3) is 5.41. The number of hydrogen-bond donors (Lipinski definition) is 1. The van der Waals surface area contributed by atoms with Crippen LogP contribution in [0.1, 0.15) is 26.3 Å². The molecule has 0 fully saturated rings. The molecule has 0 radical (unpaired) electrons. The zero-order valence-electron chi connectivity index (χ0n) is 16.4. The van der Waals surface area contributed by atoms with Crippen LogP contribution in [0.5, 0.6) is 11.5 Å². The van der Waals surface area contributed by atoms with Gasteiger partial charge in [0, 0.05) is 12.1 Å². The molecule has 0 bridgehead atoms. The summed E-state index contributed by atoms with van der Waals surface area (Å²) in [5.41, 5.74) is -0.285. The lowest BCUT2D eigenvalue weighted by atomic mass is 9.87. The fraction of sp³-hybridized carbons (Fsp3) is 0.316. The number of nitrogens with zero attached hydrogens (tertiary/aromatic N) is 2. The van der Waals surface area contributed by atoms with Gasteiger partial charge in [0.2, 0.25) is 0 Å². The van der Waals surface area contributed by atoms with Gasteiger partial charge < -0.3 is 14.8 Å². The molecule has 0 aliphatic rings. The molecule has 0 atom stereocenters. The van der Waals surface area contributed by atoms with Crippen molar-refractivity contribution in [1.29, 1.82) is 0 Å². The van der Waals surface area contributed by atoms with Gasteiger partial charge in [-0.3, -0.25) is 25.0 Å².